The highest BCUT2D eigenvalue weighted by atomic mass is 35.5. The Bertz CT molecular complexity index is 319. The van der Waals surface area contributed by atoms with Crippen LogP contribution < -0.4 is 0 Å². The molecule has 0 atom stereocenters. The van der Waals surface area contributed by atoms with Crippen molar-refractivity contribution in [1.82, 2.24) is 4.98 Å². The van der Waals surface area contributed by atoms with E-state index in [1.807, 2.05) is 5.38 Å². The number of hydrogen-bond donors (Lipinski definition) is 0. The molecule has 2 nitrogen and oxygen atoms in total. The molecule has 4 heteroatoms. The Morgan fingerprint density at radius 3 is 2.85 bits per heavy atom. The molecule has 1 aliphatic carbocycles. The van der Waals surface area contributed by atoms with Crippen LogP contribution in [0.4, 0.5) is 0 Å². The van der Waals surface area contributed by atoms with Gasteiger partial charge in [-0.1, -0.05) is 18.0 Å². The van der Waals surface area contributed by atoms with Crippen LogP contribution in [0, 0.1) is 5.41 Å². The number of carbonyl (C=O) groups excluding carboxylic acids is 1. The van der Waals surface area contributed by atoms with E-state index in [0.29, 0.717) is 4.47 Å². The van der Waals surface area contributed by atoms with Gasteiger partial charge in [0.15, 0.2) is 4.47 Å². The zero-order valence-corrected chi connectivity index (χ0v) is 8.70. The molecule has 13 heavy (non-hydrogen) atoms. The van der Waals surface area contributed by atoms with E-state index in [-0.39, 0.29) is 5.41 Å². The van der Waals surface area contributed by atoms with Crippen molar-refractivity contribution in [1.29, 1.82) is 0 Å². The van der Waals surface area contributed by atoms with E-state index in [1.54, 1.807) is 0 Å². The van der Waals surface area contributed by atoms with E-state index in [1.165, 1.54) is 11.3 Å². The van der Waals surface area contributed by atoms with Crippen LogP contribution in [-0.2, 0) is 11.2 Å². The number of thiazole rings is 1. The Labute approximate surface area is 85.9 Å². The first-order chi connectivity index (χ1) is 6.24. The molecule has 1 aromatic rings. The van der Waals surface area contributed by atoms with Crippen molar-refractivity contribution in [2.24, 2.45) is 5.41 Å². The van der Waals surface area contributed by atoms with E-state index < -0.39 is 0 Å². The lowest BCUT2D eigenvalue weighted by atomic mass is 9.67. The second kappa shape index (κ2) is 3.39. The van der Waals surface area contributed by atoms with Gasteiger partial charge in [0.1, 0.15) is 6.29 Å². The second-order valence-electron chi connectivity index (χ2n) is 3.60. The first-order valence-electron chi connectivity index (χ1n) is 4.30. The van der Waals surface area contributed by atoms with E-state index in [2.05, 4.69) is 4.98 Å². The third-order valence-corrected chi connectivity index (χ3v) is 3.68. The molecule has 1 heterocycles. The van der Waals surface area contributed by atoms with Gasteiger partial charge in [0.05, 0.1) is 5.69 Å². The average molecular weight is 216 g/mol. The Morgan fingerprint density at radius 2 is 2.46 bits per heavy atom. The summed E-state index contributed by atoms with van der Waals surface area (Å²) in [6.07, 6.45) is 5.03. The van der Waals surface area contributed by atoms with Crippen molar-refractivity contribution in [3.8, 4) is 0 Å². The van der Waals surface area contributed by atoms with Gasteiger partial charge in [-0.15, -0.1) is 11.3 Å². The van der Waals surface area contributed by atoms with Crippen LogP contribution in [0.25, 0.3) is 0 Å². The van der Waals surface area contributed by atoms with Crippen LogP contribution in [0.1, 0.15) is 25.0 Å². The lowest BCUT2D eigenvalue weighted by molar-refractivity contribution is -0.120. The minimum Gasteiger partial charge on any atom is -0.303 e. The summed E-state index contributed by atoms with van der Waals surface area (Å²) in [7, 11) is 0. The fourth-order valence-corrected chi connectivity index (χ4v) is 2.47. The largest absolute Gasteiger partial charge is 0.303 e. The molecule has 70 valence electrons. The van der Waals surface area contributed by atoms with Gasteiger partial charge >= 0.3 is 0 Å². The standard InChI is InChI=1S/C9H10ClNOS/c10-8-11-7(5-13-8)4-9(6-12)2-1-3-9/h5-6H,1-4H2. The predicted octanol–water partition coefficient (Wildman–Crippen LogP) is 2.71. The lowest BCUT2D eigenvalue weighted by Crippen LogP contribution is -2.33. The molecule has 2 rings (SSSR count). The predicted molar refractivity (Wildman–Crippen MR) is 53.2 cm³/mol. The molecule has 0 bridgehead atoms. The molecule has 0 radical (unpaired) electrons. The van der Waals surface area contributed by atoms with Crippen molar-refractivity contribution in [2.45, 2.75) is 25.7 Å². The van der Waals surface area contributed by atoms with Crippen molar-refractivity contribution in [2.75, 3.05) is 0 Å². The maximum absolute atomic E-state index is 10.9. The Morgan fingerprint density at radius 1 is 1.69 bits per heavy atom. The van der Waals surface area contributed by atoms with E-state index in [0.717, 1.165) is 37.7 Å². The van der Waals surface area contributed by atoms with Crippen molar-refractivity contribution in [3.05, 3.63) is 15.5 Å². The van der Waals surface area contributed by atoms with E-state index in [4.69, 9.17) is 11.6 Å². The minimum absolute atomic E-state index is 0.114. The summed E-state index contributed by atoms with van der Waals surface area (Å²) in [6, 6.07) is 0. The van der Waals surface area contributed by atoms with Gasteiger partial charge in [-0.05, 0) is 12.8 Å². The molecule has 0 aromatic carbocycles. The summed E-state index contributed by atoms with van der Waals surface area (Å²) in [5, 5.41) is 1.94. The SMILES string of the molecule is O=CC1(Cc2csc(Cl)n2)CCC1. The van der Waals surface area contributed by atoms with Crippen molar-refractivity contribution in [3.63, 3.8) is 0 Å². The molecule has 1 aliphatic rings. The van der Waals surface area contributed by atoms with Gasteiger partial charge in [-0.3, -0.25) is 0 Å². The zero-order valence-electron chi connectivity index (χ0n) is 7.12. The maximum atomic E-state index is 10.9. The summed E-state index contributed by atoms with van der Waals surface area (Å²) >= 11 is 7.14. The fraction of sp³-hybridized carbons (Fsp3) is 0.556. The van der Waals surface area contributed by atoms with Gasteiger partial charge in [0.2, 0.25) is 0 Å². The Balaban J connectivity index is 2.08. The van der Waals surface area contributed by atoms with Crippen LogP contribution in [0.5, 0.6) is 0 Å². The molecule has 0 aliphatic heterocycles. The molecule has 1 saturated carbocycles. The number of halogens is 1. The smallest absolute Gasteiger partial charge is 0.183 e. The van der Waals surface area contributed by atoms with Gasteiger partial charge in [0.25, 0.3) is 0 Å². The topological polar surface area (TPSA) is 30.0 Å². The molecule has 1 fully saturated rings. The number of nitrogens with zero attached hydrogens (tertiary/aromatic N) is 1. The van der Waals surface area contributed by atoms with Gasteiger partial charge in [-0.25, -0.2) is 4.98 Å². The second-order valence-corrected chi connectivity index (χ2v) is 5.04. The number of carbonyl (C=O) groups is 1. The van der Waals surface area contributed by atoms with Crippen LogP contribution in [0.15, 0.2) is 5.38 Å². The molecule has 0 N–H and O–H groups in total. The third kappa shape index (κ3) is 1.76. The third-order valence-electron chi connectivity index (χ3n) is 2.66. The number of aromatic nitrogens is 1. The summed E-state index contributed by atoms with van der Waals surface area (Å²) in [5.74, 6) is 0. The summed E-state index contributed by atoms with van der Waals surface area (Å²) < 4.78 is 0.565. The fourth-order valence-electron chi connectivity index (χ4n) is 1.69. The molecular formula is C9H10ClNOS. The Kier molecular flexibility index (Phi) is 2.39. The van der Waals surface area contributed by atoms with Gasteiger partial charge in [0, 0.05) is 17.2 Å². The highest BCUT2D eigenvalue weighted by Crippen LogP contribution is 2.41. The van der Waals surface area contributed by atoms with Gasteiger partial charge in [-0.2, -0.15) is 0 Å². The normalized spacial score (nSPS) is 19.5. The highest BCUT2D eigenvalue weighted by Gasteiger charge is 2.37. The van der Waals surface area contributed by atoms with Crippen LogP contribution in [-0.4, -0.2) is 11.3 Å². The summed E-state index contributed by atoms with van der Waals surface area (Å²) in [4.78, 5) is 15.0. The maximum Gasteiger partial charge on any atom is 0.183 e. The van der Waals surface area contributed by atoms with Crippen LogP contribution >= 0.6 is 22.9 Å². The van der Waals surface area contributed by atoms with Crippen molar-refractivity contribution < 1.29 is 4.79 Å². The molecule has 0 spiro atoms. The first kappa shape index (κ1) is 9.16. The van der Waals surface area contributed by atoms with Crippen LogP contribution in [0.3, 0.4) is 0 Å². The Hall–Kier alpha value is -0.410. The highest BCUT2D eigenvalue weighted by molar-refractivity contribution is 7.13. The number of rotatable bonds is 3. The van der Waals surface area contributed by atoms with Crippen molar-refractivity contribution >= 4 is 29.2 Å². The van der Waals surface area contributed by atoms with Crippen LogP contribution in [0.2, 0.25) is 4.47 Å². The van der Waals surface area contributed by atoms with E-state index >= 15 is 0 Å². The lowest BCUT2D eigenvalue weighted by Gasteiger charge is -2.35. The van der Waals surface area contributed by atoms with Gasteiger partial charge < -0.3 is 4.79 Å². The summed E-state index contributed by atoms with van der Waals surface area (Å²) in [5.41, 5.74) is 0.846. The quantitative estimate of drug-likeness (QED) is 0.726. The number of aldehydes is 1. The monoisotopic (exact) mass is 215 g/mol. The molecule has 0 amide bonds. The molecule has 0 unspecified atom stereocenters. The van der Waals surface area contributed by atoms with E-state index in [9.17, 15) is 4.79 Å². The average Bonchev–Trinajstić information content (AvgIpc) is 2.44. The zero-order chi connectivity index (χ0) is 9.31. The molecular weight excluding hydrogens is 206 g/mol. The molecule has 0 saturated heterocycles. The summed E-state index contributed by atoms with van der Waals surface area (Å²) in [6.45, 7) is 0. The number of hydrogen-bond acceptors (Lipinski definition) is 3. The molecule has 1 aromatic heterocycles. The minimum atomic E-state index is -0.114. The first-order valence-corrected chi connectivity index (χ1v) is 5.56.